The number of amides is 1. The molecule has 33 heavy (non-hydrogen) atoms. The Morgan fingerprint density at radius 2 is 2.03 bits per heavy atom. The lowest BCUT2D eigenvalue weighted by atomic mass is 9.93. The van der Waals surface area contributed by atoms with Crippen LogP contribution in [-0.2, 0) is 13.5 Å². The maximum atomic E-state index is 14.9. The first kappa shape index (κ1) is 24.3. The van der Waals surface area contributed by atoms with Crippen LogP contribution in [0.1, 0.15) is 36.7 Å². The van der Waals surface area contributed by atoms with E-state index in [9.17, 15) is 18.7 Å². The van der Waals surface area contributed by atoms with Gasteiger partial charge in [-0.2, -0.15) is 5.10 Å². The molecule has 0 unspecified atom stereocenters. The number of carbonyl (C=O) groups is 1. The molecule has 2 heterocycles. The fourth-order valence-corrected chi connectivity index (χ4v) is 3.15. The summed E-state index contributed by atoms with van der Waals surface area (Å²) in [5.41, 5.74) is 0.389. The first-order valence-corrected chi connectivity index (χ1v) is 10.7. The van der Waals surface area contributed by atoms with Crippen LogP contribution in [0.3, 0.4) is 0 Å². The quantitative estimate of drug-likeness (QED) is 0.457. The lowest BCUT2D eigenvalue weighted by Crippen LogP contribution is -2.39. The number of aryl methyl sites for hydroxylation is 1. The van der Waals surface area contributed by atoms with E-state index in [0.717, 1.165) is 11.6 Å². The summed E-state index contributed by atoms with van der Waals surface area (Å²) in [4.78, 5) is 17.3. The Hall–Kier alpha value is -3.33. The minimum Gasteiger partial charge on any atom is -0.390 e. The third kappa shape index (κ3) is 6.35. The number of carbonyl (C=O) groups excluding carboxylic acids is 1. The highest BCUT2D eigenvalue weighted by Gasteiger charge is 2.24. The fourth-order valence-electron chi connectivity index (χ4n) is 3.15. The molecule has 3 rings (SSSR count). The Kier molecular flexibility index (Phi) is 7.43. The average molecular weight is 458 g/mol. The largest absolute Gasteiger partial charge is 0.390 e. The van der Waals surface area contributed by atoms with Crippen LogP contribution in [0.25, 0.3) is 11.3 Å². The van der Waals surface area contributed by atoms with E-state index >= 15 is 0 Å². The second-order valence-corrected chi connectivity index (χ2v) is 8.69. The van der Waals surface area contributed by atoms with Crippen molar-refractivity contribution in [2.75, 3.05) is 18.4 Å². The molecule has 7 nitrogen and oxygen atoms in total. The van der Waals surface area contributed by atoms with E-state index in [0.29, 0.717) is 18.5 Å². The summed E-state index contributed by atoms with van der Waals surface area (Å²) in [5.74, 6) is -1.51. The molecule has 3 aromatic rings. The normalized spacial score (nSPS) is 12.5. The summed E-state index contributed by atoms with van der Waals surface area (Å²) >= 11 is 0. The summed E-state index contributed by atoms with van der Waals surface area (Å²) in [7, 11) is 1.71. The highest BCUT2D eigenvalue weighted by Crippen LogP contribution is 2.25. The number of benzene rings is 1. The van der Waals surface area contributed by atoms with Gasteiger partial charge < -0.3 is 15.7 Å². The lowest BCUT2D eigenvalue weighted by molar-refractivity contribution is 0.0252. The molecule has 176 valence electrons. The zero-order chi connectivity index (χ0) is 24.2. The van der Waals surface area contributed by atoms with E-state index in [4.69, 9.17) is 0 Å². The van der Waals surface area contributed by atoms with Crippen LogP contribution < -0.4 is 10.6 Å². The molecule has 0 spiro atoms. The van der Waals surface area contributed by atoms with Crippen LogP contribution in [-0.4, -0.2) is 44.5 Å². The molecule has 1 amide bonds. The van der Waals surface area contributed by atoms with Crippen molar-refractivity contribution in [2.24, 2.45) is 13.0 Å². The molecule has 3 N–H and O–H groups in total. The summed E-state index contributed by atoms with van der Waals surface area (Å²) < 4.78 is 29.9. The maximum Gasteiger partial charge on any atom is 0.255 e. The van der Waals surface area contributed by atoms with Crippen molar-refractivity contribution in [3.05, 3.63) is 65.5 Å². The third-order valence-corrected chi connectivity index (χ3v) is 5.57. The van der Waals surface area contributed by atoms with Gasteiger partial charge in [-0.3, -0.25) is 9.48 Å². The maximum absolute atomic E-state index is 14.9. The van der Waals surface area contributed by atoms with Crippen molar-refractivity contribution in [1.82, 2.24) is 20.1 Å². The number of hydrogen-bond donors (Lipinski definition) is 3. The monoisotopic (exact) mass is 457 g/mol. The number of pyridine rings is 1. The zero-order valence-electron chi connectivity index (χ0n) is 19.2. The third-order valence-electron chi connectivity index (χ3n) is 5.57. The Morgan fingerprint density at radius 3 is 2.67 bits per heavy atom. The molecule has 0 fully saturated rings. The fraction of sp³-hybridized carbons (Fsp3) is 0.375. The number of aromatic nitrogens is 3. The topological polar surface area (TPSA) is 92.1 Å². The van der Waals surface area contributed by atoms with Crippen LogP contribution in [0.4, 0.5) is 14.6 Å². The van der Waals surface area contributed by atoms with E-state index < -0.39 is 17.3 Å². The number of halogens is 2. The van der Waals surface area contributed by atoms with Crippen molar-refractivity contribution >= 4 is 11.7 Å². The van der Waals surface area contributed by atoms with Gasteiger partial charge in [0.05, 0.1) is 17.4 Å². The second kappa shape index (κ2) is 10.1. The van der Waals surface area contributed by atoms with E-state index in [1.807, 2.05) is 6.92 Å². The Balaban J connectivity index is 1.85. The van der Waals surface area contributed by atoms with Gasteiger partial charge in [-0.15, -0.1) is 0 Å². The van der Waals surface area contributed by atoms with Crippen molar-refractivity contribution in [3.63, 3.8) is 0 Å². The number of rotatable bonds is 9. The lowest BCUT2D eigenvalue weighted by Gasteiger charge is -2.26. The summed E-state index contributed by atoms with van der Waals surface area (Å²) in [6.07, 6.45) is 3.61. The van der Waals surface area contributed by atoms with Crippen LogP contribution in [0.5, 0.6) is 0 Å². The van der Waals surface area contributed by atoms with Crippen LogP contribution >= 0.6 is 0 Å². The Labute approximate surface area is 191 Å². The SMILES string of the molecule is C[C@H](CNC(=O)c1cc(F)c(-c2cnn(C)c2)nc1NCCc1cccc(F)c1)C(C)(C)O. The van der Waals surface area contributed by atoms with Crippen molar-refractivity contribution < 1.29 is 18.7 Å². The average Bonchev–Trinajstić information content (AvgIpc) is 3.17. The molecule has 0 bridgehead atoms. The number of aliphatic hydroxyl groups is 1. The summed E-state index contributed by atoms with van der Waals surface area (Å²) in [6, 6.07) is 7.38. The number of anilines is 1. The predicted octanol–water partition coefficient (Wildman–Crippen LogP) is 3.55. The Bertz CT molecular complexity index is 1120. The smallest absolute Gasteiger partial charge is 0.255 e. The van der Waals surface area contributed by atoms with Gasteiger partial charge in [0, 0.05) is 37.8 Å². The highest BCUT2D eigenvalue weighted by molar-refractivity contribution is 5.99. The van der Waals surface area contributed by atoms with Gasteiger partial charge >= 0.3 is 0 Å². The van der Waals surface area contributed by atoms with Gasteiger partial charge in [0.25, 0.3) is 5.91 Å². The predicted molar refractivity (Wildman–Crippen MR) is 123 cm³/mol. The molecular weight excluding hydrogens is 428 g/mol. The second-order valence-electron chi connectivity index (χ2n) is 8.69. The zero-order valence-corrected chi connectivity index (χ0v) is 19.2. The van der Waals surface area contributed by atoms with Gasteiger partial charge in [-0.1, -0.05) is 19.1 Å². The van der Waals surface area contributed by atoms with Gasteiger partial charge in [0.2, 0.25) is 0 Å². The minimum atomic E-state index is -0.979. The molecule has 0 aliphatic heterocycles. The van der Waals surface area contributed by atoms with E-state index in [1.165, 1.54) is 23.0 Å². The number of nitrogens with one attached hydrogen (secondary N) is 2. The highest BCUT2D eigenvalue weighted by atomic mass is 19.1. The van der Waals surface area contributed by atoms with Crippen LogP contribution in [0.15, 0.2) is 42.7 Å². The first-order chi connectivity index (χ1) is 15.5. The van der Waals surface area contributed by atoms with Crippen LogP contribution in [0.2, 0.25) is 0 Å². The van der Waals surface area contributed by atoms with Gasteiger partial charge in [0.15, 0.2) is 5.82 Å². The molecule has 1 aromatic carbocycles. The molecule has 0 radical (unpaired) electrons. The van der Waals surface area contributed by atoms with Crippen molar-refractivity contribution in [2.45, 2.75) is 32.8 Å². The molecule has 9 heteroatoms. The molecular formula is C24H29F2N5O2. The van der Waals surface area contributed by atoms with E-state index in [-0.39, 0.29) is 35.4 Å². The molecule has 1 atom stereocenters. The van der Waals surface area contributed by atoms with Crippen molar-refractivity contribution in [3.8, 4) is 11.3 Å². The Morgan fingerprint density at radius 1 is 1.27 bits per heavy atom. The summed E-state index contributed by atoms with van der Waals surface area (Å²) in [5, 5.41) is 20.0. The summed E-state index contributed by atoms with van der Waals surface area (Å²) in [6.45, 7) is 5.69. The molecule has 0 aliphatic rings. The van der Waals surface area contributed by atoms with Crippen LogP contribution in [0, 0.1) is 17.6 Å². The van der Waals surface area contributed by atoms with Gasteiger partial charge in [-0.05, 0) is 44.0 Å². The van der Waals surface area contributed by atoms with Crippen molar-refractivity contribution in [1.29, 1.82) is 0 Å². The first-order valence-electron chi connectivity index (χ1n) is 10.7. The van der Waals surface area contributed by atoms with Gasteiger partial charge in [0.1, 0.15) is 17.3 Å². The molecule has 0 saturated carbocycles. The molecule has 2 aromatic heterocycles. The standard InChI is InChI=1S/C24H29F2N5O2/c1-15(24(2,3)33)12-28-23(32)19-11-20(26)21(17-13-29-31(4)14-17)30-22(19)27-9-8-16-6-5-7-18(25)10-16/h5-7,10-11,13-15,33H,8-9,12H2,1-4H3,(H,27,30)(H,28,32)/t15-/m1/s1. The molecule has 0 saturated heterocycles. The van der Waals surface area contributed by atoms with E-state index in [2.05, 4.69) is 20.7 Å². The molecule has 0 aliphatic carbocycles. The van der Waals surface area contributed by atoms with Gasteiger partial charge in [-0.25, -0.2) is 13.8 Å². The minimum absolute atomic E-state index is 0.0438. The number of nitrogens with zero attached hydrogens (tertiary/aromatic N) is 3. The number of hydrogen-bond acceptors (Lipinski definition) is 5. The van der Waals surface area contributed by atoms with E-state index in [1.54, 1.807) is 39.2 Å².